The predicted octanol–water partition coefficient (Wildman–Crippen LogP) is 4.99. The number of hydrogen-bond donors (Lipinski definition) is 0. The molecule has 2 rings (SSSR count). The second-order valence-corrected chi connectivity index (χ2v) is 5.23. The van der Waals surface area contributed by atoms with Crippen LogP contribution in [-0.2, 0) is 6.61 Å². The molecular weight excluding hydrogens is 300 g/mol. The van der Waals surface area contributed by atoms with E-state index in [0.29, 0.717) is 6.61 Å². The molecule has 0 aromatic heterocycles. The summed E-state index contributed by atoms with van der Waals surface area (Å²) in [6, 6.07) is 13.7. The van der Waals surface area contributed by atoms with Gasteiger partial charge in [0.1, 0.15) is 12.4 Å². The second-order valence-electron chi connectivity index (χ2n) is 3.88. The van der Waals surface area contributed by atoms with Crippen molar-refractivity contribution < 1.29 is 4.74 Å². The van der Waals surface area contributed by atoms with E-state index >= 15 is 0 Å². The molecule has 0 saturated heterocycles. The van der Waals surface area contributed by atoms with E-state index in [2.05, 4.69) is 22.0 Å². The summed E-state index contributed by atoms with van der Waals surface area (Å²) in [5, 5.41) is 0.743. The molecule has 0 amide bonds. The topological polar surface area (TPSA) is 9.23 Å². The lowest BCUT2D eigenvalue weighted by atomic mass is 10.2. The van der Waals surface area contributed by atoms with Gasteiger partial charge >= 0.3 is 0 Å². The number of halogens is 2. The first kappa shape index (κ1) is 12.5. The minimum Gasteiger partial charge on any atom is -0.489 e. The Labute approximate surface area is 115 Å². The van der Waals surface area contributed by atoms with Crippen molar-refractivity contribution in [2.45, 2.75) is 13.5 Å². The van der Waals surface area contributed by atoms with Gasteiger partial charge in [0, 0.05) is 9.50 Å². The lowest BCUT2D eigenvalue weighted by Crippen LogP contribution is -1.95. The van der Waals surface area contributed by atoms with Gasteiger partial charge in [-0.2, -0.15) is 0 Å². The molecule has 0 aliphatic rings. The molecule has 0 unspecified atom stereocenters. The van der Waals surface area contributed by atoms with E-state index in [0.717, 1.165) is 20.8 Å². The first-order valence-electron chi connectivity index (χ1n) is 5.28. The van der Waals surface area contributed by atoms with Crippen LogP contribution in [-0.4, -0.2) is 0 Å². The van der Waals surface area contributed by atoms with Crippen LogP contribution in [0.4, 0.5) is 0 Å². The van der Waals surface area contributed by atoms with Gasteiger partial charge in [-0.25, -0.2) is 0 Å². The third-order valence-corrected chi connectivity index (χ3v) is 3.04. The Hall–Kier alpha value is -0.990. The summed E-state index contributed by atoms with van der Waals surface area (Å²) in [5.74, 6) is 0.867. The van der Waals surface area contributed by atoms with Gasteiger partial charge in [-0.3, -0.25) is 0 Å². The van der Waals surface area contributed by atoms with Crippen LogP contribution in [0.2, 0.25) is 5.02 Å². The van der Waals surface area contributed by atoms with Crippen molar-refractivity contribution >= 4 is 27.5 Å². The van der Waals surface area contributed by atoms with Crippen molar-refractivity contribution in [3.63, 3.8) is 0 Å². The molecule has 2 aromatic carbocycles. The summed E-state index contributed by atoms with van der Waals surface area (Å²) < 4.78 is 6.75. The molecule has 0 heterocycles. The first-order valence-corrected chi connectivity index (χ1v) is 6.45. The van der Waals surface area contributed by atoms with Crippen LogP contribution < -0.4 is 4.74 Å². The quantitative estimate of drug-likeness (QED) is 0.776. The van der Waals surface area contributed by atoms with Gasteiger partial charge in [-0.15, -0.1) is 0 Å². The maximum absolute atomic E-state index is 5.82. The van der Waals surface area contributed by atoms with Crippen molar-refractivity contribution in [3.8, 4) is 5.75 Å². The van der Waals surface area contributed by atoms with Crippen molar-refractivity contribution in [1.82, 2.24) is 0 Å². The van der Waals surface area contributed by atoms with Crippen molar-refractivity contribution in [2.75, 3.05) is 0 Å². The van der Waals surface area contributed by atoms with E-state index in [-0.39, 0.29) is 0 Å². The van der Waals surface area contributed by atoms with Crippen LogP contribution in [0.5, 0.6) is 5.75 Å². The summed E-state index contributed by atoms with van der Waals surface area (Å²) in [5.41, 5.74) is 2.28. The highest BCUT2D eigenvalue weighted by Crippen LogP contribution is 2.22. The van der Waals surface area contributed by atoms with Crippen molar-refractivity contribution in [3.05, 3.63) is 63.1 Å². The smallest absolute Gasteiger partial charge is 0.121 e. The normalized spacial score (nSPS) is 10.3. The molecule has 3 heteroatoms. The van der Waals surface area contributed by atoms with E-state index in [1.165, 1.54) is 5.56 Å². The summed E-state index contributed by atoms with van der Waals surface area (Å²) >= 11 is 9.27. The third-order valence-electron chi connectivity index (χ3n) is 2.33. The van der Waals surface area contributed by atoms with Gasteiger partial charge < -0.3 is 4.74 Å². The lowest BCUT2D eigenvalue weighted by molar-refractivity contribution is 0.306. The van der Waals surface area contributed by atoms with Gasteiger partial charge in [0.25, 0.3) is 0 Å². The molecule has 1 nitrogen and oxygen atoms in total. The Kier molecular flexibility index (Phi) is 4.08. The maximum atomic E-state index is 5.82. The fourth-order valence-electron chi connectivity index (χ4n) is 1.53. The zero-order valence-electron chi connectivity index (χ0n) is 9.41. The summed E-state index contributed by atoms with van der Waals surface area (Å²) in [7, 11) is 0. The van der Waals surface area contributed by atoms with Crippen LogP contribution in [0.3, 0.4) is 0 Å². The Balaban J connectivity index is 2.04. The molecule has 17 heavy (non-hydrogen) atoms. The molecule has 0 fully saturated rings. The number of ether oxygens (including phenoxy) is 1. The number of aryl methyl sites for hydroxylation is 1. The van der Waals surface area contributed by atoms with E-state index in [4.69, 9.17) is 16.3 Å². The van der Waals surface area contributed by atoms with E-state index in [9.17, 15) is 0 Å². The molecular formula is C14H12BrClO. The molecule has 0 saturated carbocycles. The second kappa shape index (κ2) is 5.56. The van der Waals surface area contributed by atoms with Crippen LogP contribution in [0.1, 0.15) is 11.1 Å². The van der Waals surface area contributed by atoms with E-state index in [1.807, 2.05) is 43.3 Å². The van der Waals surface area contributed by atoms with Gasteiger partial charge in [0.05, 0.1) is 0 Å². The Morgan fingerprint density at radius 3 is 2.47 bits per heavy atom. The predicted molar refractivity (Wildman–Crippen MR) is 74.7 cm³/mol. The molecule has 0 N–H and O–H groups in total. The summed E-state index contributed by atoms with van der Waals surface area (Å²) in [6.07, 6.45) is 0. The fourth-order valence-corrected chi connectivity index (χ4v) is 2.25. The molecule has 0 atom stereocenters. The highest BCUT2D eigenvalue weighted by atomic mass is 79.9. The Morgan fingerprint density at radius 2 is 1.82 bits per heavy atom. The zero-order chi connectivity index (χ0) is 12.3. The molecule has 0 aliphatic carbocycles. The first-order chi connectivity index (χ1) is 8.13. The van der Waals surface area contributed by atoms with Gasteiger partial charge in [0.15, 0.2) is 0 Å². The summed E-state index contributed by atoms with van der Waals surface area (Å²) in [6.45, 7) is 2.59. The summed E-state index contributed by atoms with van der Waals surface area (Å²) in [4.78, 5) is 0. The standard InChI is InChI=1S/C14H12BrClO/c1-10-6-12(15)8-14(7-10)17-9-11-2-4-13(16)5-3-11/h2-8H,9H2,1H3. The highest BCUT2D eigenvalue weighted by Gasteiger charge is 1.99. The van der Waals surface area contributed by atoms with Gasteiger partial charge in [-0.1, -0.05) is 39.7 Å². The molecule has 2 aromatic rings. The minimum atomic E-state index is 0.549. The zero-order valence-corrected chi connectivity index (χ0v) is 11.8. The SMILES string of the molecule is Cc1cc(Br)cc(OCc2ccc(Cl)cc2)c1. The largest absolute Gasteiger partial charge is 0.489 e. The van der Waals surface area contributed by atoms with Crippen molar-refractivity contribution in [1.29, 1.82) is 0 Å². The van der Waals surface area contributed by atoms with Crippen LogP contribution >= 0.6 is 27.5 Å². The molecule has 88 valence electrons. The van der Waals surface area contributed by atoms with E-state index in [1.54, 1.807) is 0 Å². The van der Waals surface area contributed by atoms with E-state index < -0.39 is 0 Å². The Bertz CT molecular complexity index is 488. The third kappa shape index (κ3) is 3.76. The number of hydrogen-bond acceptors (Lipinski definition) is 1. The highest BCUT2D eigenvalue weighted by molar-refractivity contribution is 9.10. The molecule has 0 aliphatic heterocycles. The molecule has 0 bridgehead atoms. The van der Waals surface area contributed by atoms with Crippen LogP contribution in [0, 0.1) is 6.92 Å². The number of rotatable bonds is 3. The Morgan fingerprint density at radius 1 is 1.12 bits per heavy atom. The molecule has 0 spiro atoms. The fraction of sp³-hybridized carbons (Fsp3) is 0.143. The average Bonchev–Trinajstić information content (AvgIpc) is 2.27. The number of benzene rings is 2. The lowest BCUT2D eigenvalue weighted by Gasteiger charge is -2.08. The van der Waals surface area contributed by atoms with Crippen molar-refractivity contribution in [2.24, 2.45) is 0 Å². The van der Waals surface area contributed by atoms with Crippen LogP contribution in [0.15, 0.2) is 46.9 Å². The monoisotopic (exact) mass is 310 g/mol. The molecule has 0 radical (unpaired) electrons. The van der Waals surface area contributed by atoms with Gasteiger partial charge in [0.2, 0.25) is 0 Å². The maximum Gasteiger partial charge on any atom is 0.121 e. The average molecular weight is 312 g/mol. The minimum absolute atomic E-state index is 0.549. The van der Waals surface area contributed by atoms with Gasteiger partial charge in [-0.05, 0) is 48.4 Å². The van der Waals surface area contributed by atoms with Crippen LogP contribution in [0.25, 0.3) is 0 Å².